The zero-order valence-electron chi connectivity index (χ0n) is 8.83. The summed E-state index contributed by atoms with van der Waals surface area (Å²) in [5, 5.41) is 17.7. The number of halogens is 3. The van der Waals surface area contributed by atoms with Crippen LogP contribution < -0.4 is 0 Å². The summed E-state index contributed by atoms with van der Waals surface area (Å²) in [7, 11) is 0.918. The summed E-state index contributed by atoms with van der Waals surface area (Å²) in [6, 6.07) is 2.44. The Kier molecular flexibility index (Phi) is 5.33. The fourth-order valence-corrected chi connectivity index (χ4v) is 1.19. The number of phenols is 1. The molecule has 0 aliphatic rings. The fraction of sp³-hybridized carbons (Fsp3) is 0.200. The van der Waals surface area contributed by atoms with Gasteiger partial charge in [-0.15, -0.1) is 0 Å². The van der Waals surface area contributed by atoms with Crippen LogP contribution in [0.15, 0.2) is 12.1 Å². The number of methoxy groups -OCH3 is 1. The molecule has 0 aliphatic carbocycles. The van der Waals surface area contributed by atoms with E-state index >= 15 is 0 Å². The number of esters is 1. The molecule has 4 nitrogen and oxygen atoms in total. The number of carbonyl (C=O) groups is 1. The summed E-state index contributed by atoms with van der Waals surface area (Å²) in [4.78, 5) is 11.1. The van der Waals surface area contributed by atoms with Crippen LogP contribution >= 0.6 is 0 Å². The largest absolute Gasteiger partial charge is 0.507 e. The van der Waals surface area contributed by atoms with Crippen LogP contribution in [0.3, 0.4) is 0 Å². The first kappa shape index (κ1) is 16.4. The van der Waals surface area contributed by atoms with E-state index in [0.717, 1.165) is 7.11 Å². The molecule has 0 unspecified atom stereocenters. The Labute approximate surface area is 113 Å². The van der Waals surface area contributed by atoms with Gasteiger partial charge in [-0.3, -0.25) is 0 Å². The van der Waals surface area contributed by atoms with Crippen molar-refractivity contribution in [3.8, 4) is 11.8 Å². The molecule has 0 saturated heterocycles. The van der Waals surface area contributed by atoms with Crippen molar-refractivity contribution in [1.82, 2.24) is 0 Å². The van der Waals surface area contributed by atoms with E-state index in [1.807, 2.05) is 0 Å². The number of nitrogens with zero attached hydrogens (tertiary/aromatic N) is 1. The number of alkyl halides is 3. The molecule has 0 spiro atoms. The first-order chi connectivity index (χ1) is 7.81. The number of carbonyl (C=O) groups excluding carboxylic acids is 1. The van der Waals surface area contributed by atoms with Crippen LogP contribution in [0, 0.1) is 11.3 Å². The minimum Gasteiger partial charge on any atom is -0.507 e. The number of phenolic OH excluding ortho intramolecular Hbond substituents is 1. The minimum atomic E-state index is -4.82. The van der Waals surface area contributed by atoms with Crippen LogP contribution in [0.25, 0.3) is 0 Å². The molecule has 0 saturated carbocycles. The molecule has 0 aromatic heterocycles. The summed E-state index contributed by atoms with van der Waals surface area (Å²) >= 11 is 0. The average molecular weight is 437 g/mol. The number of nitriles is 1. The Morgan fingerprint density at radius 2 is 2.00 bits per heavy atom. The second-order valence-electron chi connectivity index (χ2n) is 3.02. The number of hydrogen-bond donors (Lipinski definition) is 1. The second kappa shape index (κ2) is 5.85. The van der Waals surface area contributed by atoms with Gasteiger partial charge in [0, 0.05) is 20.1 Å². The Balaban J connectivity index is 0.00000289. The molecule has 0 aliphatic heterocycles. The second-order valence-corrected chi connectivity index (χ2v) is 3.02. The molecule has 1 N–H and O–H groups in total. The van der Waals surface area contributed by atoms with Gasteiger partial charge in [0.15, 0.2) is 0 Å². The van der Waals surface area contributed by atoms with Gasteiger partial charge in [0.05, 0.1) is 23.8 Å². The molecule has 0 amide bonds. The molecule has 18 heavy (non-hydrogen) atoms. The number of aromatic hydroxyl groups is 1. The van der Waals surface area contributed by atoms with Gasteiger partial charge in [0.1, 0.15) is 11.8 Å². The maximum Gasteiger partial charge on any atom is 0.417 e. The van der Waals surface area contributed by atoms with E-state index in [1.54, 1.807) is 0 Å². The van der Waals surface area contributed by atoms with Crippen molar-refractivity contribution in [2.24, 2.45) is 0 Å². The van der Waals surface area contributed by atoms with Crippen LogP contribution in [0.2, 0.25) is 0 Å². The number of rotatable bonds is 1. The molecule has 0 atom stereocenters. The molecule has 1 rings (SSSR count). The third-order valence-corrected chi connectivity index (χ3v) is 1.97. The molecule has 8 heteroatoms. The van der Waals surface area contributed by atoms with Crippen molar-refractivity contribution < 1.29 is 47.9 Å². The molecule has 1 aromatic rings. The summed E-state index contributed by atoms with van der Waals surface area (Å²) in [6.45, 7) is 0. The van der Waals surface area contributed by atoms with Crippen molar-refractivity contribution in [3.63, 3.8) is 0 Å². The Bertz CT molecular complexity index is 508. The number of hydrogen-bond acceptors (Lipinski definition) is 4. The Morgan fingerprint density at radius 1 is 1.44 bits per heavy atom. The quantitative estimate of drug-likeness (QED) is 0.683. The van der Waals surface area contributed by atoms with E-state index in [4.69, 9.17) is 10.4 Å². The summed E-state index contributed by atoms with van der Waals surface area (Å²) in [5.41, 5.74) is -2.59. The minimum absolute atomic E-state index is 0. The van der Waals surface area contributed by atoms with Crippen molar-refractivity contribution in [1.29, 1.82) is 5.26 Å². The number of benzene rings is 1. The predicted octanol–water partition coefficient (Wildman–Crippen LogP) is 2.07. The van der Waals surface area contributed by atoms with Crippen LogP contribution in [-0.4, -0.2) is 18.2 Å². The van der Waals surface area contributed by atoms with Gasteiger partial charge < -0.3 is 9.84 Å². The summed E-state index contributed by atoms with van der Waals surface area (Å²) in [5.74, 6) is -2.07. The molecule has 1 aromatic carbocycles. The molecule has 1 radical (unpaired) electrons. The van der Waals surface area contributed by atoms with E-state index in [1.165, 1.54) is 6.07 Å². The van der Waals surface area contributed by atoms with E-state index < -0.39 is 34.6 Å². The summed E-state index contributed by atoms with van der Waals surface area (Å²) in [6.07, 6.45) is -4.82. The molecule has 0 heterocycles. The molecular formula is C10H6F3IrNO3. The maximum absolute atomic E-state index is 12.6. The average Bonchev–Trinajstić information content (AvgIpc) is 2.26. The Morgan fingerprint density at radius 3 is 2.39 bits per heavy atom. The van der Waals surface area contributed by atoms with Gasteiger partial charge in [-0.2, -0.15) is 18.4 Å². The van der Waals surface area contributed by atoms with Crippen molar-refractivity contribution in [2.75, 3.05) is 7.11 Å². The van der Waals surface area contributed by atoms with Gasteiger partial charge in [-0.1, -0.05) is 0 Å². The van der Waals surface area contributed by atoms with Gasteiger partial charge in [-0.25, -0.2) is 4.79 Å². The third kappa shape index (κ3) is 3.21. The number of ether oxygens (including phenoxy) is 1. The third-order valence-electron chi connectivity index (χ3n) is 1.97. The maximum atomic E-state index is 12.6. The van der Waals surface area contributed by atoms with Crippen LogP contribution in [0.5, 0.6) is 5.75 Å². The zero-order chi connectivity index (χ0) is 13.2. The molecule has 99 valence electrons. The van der Waals surface area contributed by atoms with Crippen LogP contribution in [0.4, 0.5) is 13.2 Å². The monoisotopic (exact) mass is 438 g/mol. The topological polar surface area (TPSA) is 70.3 Å². The smallest absolute Gasteiger partial charge is 0.417 e. The van der Waals surface area contributed by atoms with Crippen molar-refractivity contribution in [3.05, 3.63) is 28.8 Å². The standard InChI is InChI=1S/C10H6F3NO3.Ir/c1-17-9(16)6-2-5(4-14)8(15)3-7(6)10(11,12)13;/h2-3,15H,1H3;. The van der Waals surface area contributed by atoms with E-state index in [-0.39, 0.29) is 20.1 Å². The van der Waals surface area contributed by atoms with Gasteiger partial charge >= 0.3 is 12.1 Å². The molecular weight excluding hydrogens is 431 g/mol. The first-order valence-electron chi connectivity index (χ1n) is 4.24. The molecule has 0 bridgehead atoms. The predicted molar refractivity (Wildman–Crippen MR) is 49.2 cm³/mol. The van der Waals surface area contributed by atoms with Crippen LogP contribution in [-0.2, 0) is 31.0 Å². The zero-order valence-corrected chi connectivity index (χ0v) is 11.2. The van der Waals surface area contributed by atoms with Gasteiger partial charge in [-0.05, 0) is 12.1 Å². The van der Waals surface area contributed by atoms with Crippen molar-refractivity contribution in [2.45, 2.75) is 6.18 Å². The SMILES string of the molecule is COC(=O)c1cc(C#N)c(O)cc1C(F)(F)F.[Ir]. The Hall–Kier alpha value is -1.58. The molecule has 0 fully saturated rings. The normalized spacial score (nSPS) is 10.2. The van der Waals surface area contributed by atoms with E-state index in [2.05, 4.69) is 4.74 Å². The fourth-order valence-electron chi connectivity index (χ4n) is 1.19. The van der Waals surface area contributed by atoms with Crippen molar-refractivity contribution >= 4 is 5.97 Å². The summed E-state index contributed by atoms with van der Waals surface area (Å²) < 4.78 is 41.9. The van der Waals surface area contributed by atoms with Gasteiger partial charge in [0.25, 0.3) is 0 Å². The van der Waals surface area contributed by atoms with E-state index in [0.29, 0.717) is 12.1 Å². The first-order valence-corrected chi connectivity index (χ1v) is 4.24. The van der Waals surface area contributed by atoms with Gasteiger partial charge in [0.2, 0.25) is 0 Å². The van der Waals surface area contributed by atoms with Crippen LogP contribution in [0.1, 0.15) is 21.5 Å². The van der Waals surface area contributed by atoms with E-state index in [9.17, 15) is 18.0 Å².